The summed E-state index contributed by atoms with van der Waals surface area (Å²) in [7, 11) is 0. The van der Waals surface area contributed by atoms with E-state index in [0.29, 0.717) is 0 Å². The summed E-state index contributed by atoms with van der Waals surface area (Å²) in [5.41, 5.74) is 1.23. The molecular formula is C16H18F2N6O3. The lowest BCUT2D eigenvalue weighted by atomic mass is 9.93. The fraction of sp³-hybridized carbons (Fsp3) is 0.375. The number of carbonyl (C=O) groups is 2. The van der Waals surface area contributed by atoms with Gasteiger partial charge in [0.05, 0.1) is 5.69 Å². The summed E-state index contributed by atoms with van der Waals surface area (Å²) >= 11 is 0. The second-order valence-electron chi connectivity index (χ2n) is 6.36. The number of amides is 3. The molecule has 27 heavy (non-hydrogen) atoms. The minimum atomic E-state index is -1.43. The van der Waals surface area contributed by atoms with Crippen molar-refractivity contribution in [1.82, 2.24) is 16.0 Å². The fourth-order valence-corrected chi connectivity index (χ4v) is 2.87. The van der Waals surface area contributed by atoms with Crippen LogP contribution in [0.4, 0.5) is 19.3 Å². The third kappa shape index (κ3) is 3.93. The number of halogens is 2. The number of benzene rings is 1. The van der Waals surface area contributed by atoms with E-state index in [1.165, 1.54) is 6.07 Å². The van der Waals surface area contributed by atoms with E-state index in [2.05, 4.69) is 26.5 Å². The largest absolute Gasteiger partial charge is 0.373 e. The van der Waals surface area contributed by atoms with Gasteiger partial charge in [0.25, 0.3) is 5.91 Å². The minimum Gasteiger partial charge on any atom is -0.373 e. The Balaban J connectivity index is 1.65. The highest BCUT2D eigenvalue weighted by Crippen LogP contribution is 2.41. The number of rotatable bonds is 8. The first-order chi connectivity index (χ1) is 12.9. The smallest absolute Gasteiger partial charge is 0.322 e. The molecule has 1 saturated heterocycles. The van der Waals surface area contributed by atoms with E-state index >= 15 is 0 Å². The van der Waals surface area contributed by atoms with Crippen molar-refractivity contribution < 1.29 is 23.5 Å². The van der Waals surface area contributed by atoms with Crippen molar-refractivity contribution >= 4 is 29.6 Å². The summed E-state index contributed by atoms with van der Waals surface area (Å²) in [6, 6.07) is 2.43. The molecule has 9 nitrogen and oxygen atoms in total. The fourth-order valence-electron chi connectivity index (χ4n) is 2.87. The Morgan fingerprint density at radius 3 is 2.70 bits per heavy atom. The SMILES string of the molecule is N=C/C(=N\Nc1ccc(F)c(F)c1)C(O)NC[C@@]1(C2CC2)NC(=O)NC1=O. The number of hydrogen-bond acceptors (Lipinski definition) is 7. The van der Waals surface area contributed by atoms with Crippen LogP contribution in [0.5, 0.6) is 0 Å². The molecule has 1 heterocycles. The molecule has 144 valence electrons. The first-order valence-electron chi connectivity index (χ1n) is 8.20. The van der Waals surface area contributed by atoms with Crippen molar-refractivity contribution in [1.29, 1.82) is 5.41 Å². The van der Waals surface area contributed by atoms with Crippen LogP contribution in [0.25, 0.3) is 0 Å². The Morgan fingerprint density at radius 1 is 1.41 bits per heavy atom. The average molecular weight is 380 g/mol. The molecule has 1 aliphatic heterocycles. The van der Waals surface area contributed by atoms with Crippen molar-refractivity contribution in [2.75, 3.05) is 12.0 Å². The van der Waals surface area contributed by atoms with Crippen LogP contribution < -0.4 is 21.4 Å². The zero-order valence-corrected chi connectivity index (χ0v) is 14.1. The minimum absolute atomic E-state index is 0.0377. The van der Waals surface area contributed by atoms with Crippen LogP contribution in [0.2, 0.25) is 0 Å². The number of anilines is 1. The summed E-state index contributed by atoms with van der Waals surface area (Å²) in [6.45, 7) is -0.0611. The number of imide groups is 1. The molecule has 1 aromatic carbocycles. The quantitative estimate of drug-likeness (QED) is 0.166. The number of carbonyl (C=O) groups excluding carboxylic acids is 2. The van der Waals surface area contributed by atoms with Crippen LogP contribution in [-0.2, 0) is 4.79 Å². The van der Waals surface area contributed by atoms with Gasteiger partial charge in [0, 0.05) is 18.8 Å². The van der Waals surface area contributed by atoms with E-state index in [-0.39, 0.29) is 23.9 Å². The van der Waals surface area contributed by atoms with Crippen molar-refractivity contribution in [3.05, 3.63) is 29.8 Å². The molecule has 0 spiro atoms. The third-order valence-electron chi connectivity index (χ3n) is 4.48. The van der Waals surface area contributed by atoms with Gasteiger partial charge in [-0.25, -0.2) is 13.6 Å². The lowest BCUT2D eigenvalue weighted by Crippen LogP contribution is -2.58. The number of hydrazone groups is 1. The molecule has 6 N–H and O–H groups in total. The van der Waals surface area contributed by atoms with E-state index in [1.54, 1.807) is 0 Å². The molecule has 0 radical (unpaired) electrons. The number of hydrogen-bond donors (Lipinski definition) is 6. The van der Waals surface area contributed by atoms with Crippen LogP contribution in [0.3, 0.4) is 0 Å². The van der Waals surface area contributed by atoms with Gasteiger partial charge in [-0.1, -0.05) is 0 Å². The molecule has 1 aliphatic carbocycles. The molecule has 2 aliphatic rings. The summed E-state index contributed by atoms with van der Waals surface area (Å²) in [4.78, 5) is 23.6. The van der Waals surface area contributed by atoms with E-state index in [1.807, 2.05) is 0 Å². The van der Waals surface area contributed by atoms with E-state index in [4.69, 9.17) is 5.41 Å². The highest BCUT2D eigenvalue weighted by Gasteiger charge is 2.55. The standard InChI is InChI=1S/C16H18F2N6O3/c17-10-4-3-9(5-11(10)18)23-24-12(6-19)13(25)20-7-16(8-1-2-8)14(26)21-15(27)22-16/h3-6,8,13,19-20,23,25H,1-2,7H2,(H2,21,22,26,27)/b19-6?,24-12+/t13?,16-/m0/s1. The van der Waals surface area contributed by atoms with Crippen LogP contribution in [0.15, 0.2) is 23.3 Å². The van der Waals surface area contributed by atoms with Crippen LogP contribution in [-0.4, -0.2) is 47.3 Å². The molecule has 1 saturated carbocycles. The number of nitrogens with one attached hydrogen (secondary N) is 5. The van der Waals surface area contributed by atoms with E-state index in [9.17, 15) is 23.5 Å². The van der Waals surface area contributed by atoms with Gasteiger partial charge >= 0.3 is 6.03 Å². The van der Waals surface area contributed by atoms with E-state index < -0.39 is 35.3 Å². The number of nitrogens with zero attached hydrogens (tertiary/aromatic N) is 1. The van der Waals surface area contributed by atoms with Gasteiger partial charge in [-0.2, -0.15) is 5.10 Å². The predicted molar refractivity (Wildman–Crippen MR) is 92.3 cm³/mol. The second-order valence-corrected chi connectivity index (χ2v) is 6.36. The maximum absolute atomic E-state index is 13.2. The summed E-state index contributed by atoms with van der Waals surface area (Å²) in [6.07, 6.45) is 0.881. The van der Waals surface area contributed by atoms with Gasteiger partial charge in [-0.3, -0.25) is 20.9 Å². The second kappa shape index (κ2) is 7.37. The zero-order valence-electron chi connectivity index (χ0n) is 14.1. The Labute approximate surface area is 152 Å². The topological polar surface area (TPSA) is 139 Å². The monoisotopic (exact) mass is 380 g/mol. The maximum atomic E-state index is 13.2. The van der Waals surface area contributed by atoms with Crippen LogP contribution >= 0.6 is 0 Å². The Kier molecular flexibility index (Phi) is 5.15. The highest BCUT2D eigenvalue weighted by atomic mass is 19.2. The van der Waals surface area contributed by atoms with Gasteiger partial charge in [0.1, 0.15) is 11.3 Å². The molecule has 1 unspecified atom stereocenters. The maximum Gasteiger partial charge on any atom is 0.322 e. The van der Waals surface area contributed by atoms with Crippen LogP contribution in [0.1, 0.15) is 12.8 Å². The Bertz CT molecular complexity index is 813. The van der Waals surface area contributed by atoms with E-state index in [0.717, 1.165) is 31.2 Å². The lowest BCUT2D eigenvalue weighted by Gasteiger charge is -2.27. The molecule has 1 aromatic rings. The van der Waals surface area contributed by atoms with Crippen molar-refractivity contribution in [3.8, 4) is 0 Å². The molecule has 11 heteroatoms. The lowest BCUT2D eigenvalue weighted by molar-refractivity contribution is -0.124. The number of urea groups is 1. The molecule has 0 bridgehead atoms. The first-order valence-corrected chi connectivity index (χ1v) is 8.20. The van der Waals surface area contributed by atoms with Gasteiger partial charge in [-0.15, -0.1) is 0 Å². The first kappa shape index (κ1) is 18.9. The summed E-state index contributed by atoms with van der Waals surface area (Å²) < 4.78 is 26.1. The molecule has 3 rings (SSSR count). The van der Waals surface area contributed by atoms with Crippen molar-refractivity contribution in [2.24, 2.45) is 11.0 Å². The zero-order chi connectivity index (χ0) is 19.6. The van der Waals surface area contributed by atoms with Gasteiger partial charge in [0.2, 0.25) is 0 Å². The number of aliphatic hydroxyl groups is 1. The average Bonchev–Trinajstić information content (AvgIpc) is 3.43. The van der Waals surface area contributed by atoms with Gasteiger partial charge in [0.15, 0.2) is 17.9 Å². The third-order valence-corrected chi connectivity index (χ3v) is 4.48. The van der Waals surface area contributed by atoms with Gasteiger partial charge in [-0.05, 0) is 30.9 Å². The highest BCUT2D eigenvalue weighted by molar-refractivity contribution is 6.31. The van der Waals surface area contributed by atoms with Crippen molar-refractivity contribution in [3.63, 3.8) is 0 Å². The molecule has 3 amide bonds. The number of aliphatic hydroxyl groups excluding tert-OH is 1. The molecular weight excluding hydrogens is 362 g/mol. The summed E-state index contributed by atoms with van der Waals surface area (Å²) in [5.74, 6) is -2.59. The van der Waals surface area contributed by atoms with Crippen LogP contribution in [0, 0.1) is 23.0 Å². The molecule has 2 atom stereocenters. The molecule has 2 fully saturated rings. The van der Waals surface area contributed by atoms with Gasteiger partial charge < -0.3 is 15.8 Å². The normalized spacial score (nSPS) is 23.6. The Hall–Kier alpha value is -2.92. The summed E-state index contributed by atoms with van der Waals surface area (Å²) in [5, 5.41) is 28.8. The van der Waals surface area contributed by atoms with Crippen molar-refractivity contribution in [2.45, 2.75) is 24.6 Å². The Morgan fingerprint density at radius 2 is 2.15 bits per heavy atom. The predicted octanol–water partition coefficient (Wildman–Crippen LogP) is 0.278. The molecule has 0 aromatic heterocycles.